The Morgan fingerprint density at radius 2 is 1.94 bits per heavy atom. The van der Waals surface area contributed by atoms with Crippen molar-refractivity contribution in [2.75, 3.05) is 26.4 Å². The summed E-state index contributed by atoms with van der Waals surface area (Å²) >= 11 is 0. The summed E-state index contributed by atoms with van der Waals surface area (Å²) in [6, 6.07) is 0. The lowest BCUT2D eigenvalue weighted by Gasteiger charge is -2.21. The van der Waals surface area contributed by atoms with Crippen LogP contribution in [0.2, 0.25) is 0 Å². The predicted molar refractivity (Wildman–Crippen MR) is 60.0 cm³/mol. The SMILES string of the molecule is CCOP(=O)(OCC)C1NCN(CC)C1=O. The molecule has 7 heteroatoms. The second-order valence-electron chi connectivity index (χ2n) is 3.33. The molecule has 1 atom stereocenters. The molecule has 1 fully saturated rings. The molecule has 0 spiro atoms. The van der Waals surface area contributed by atoms with E-state index in [0.29, 0.717) is 13.2 Å². The zero-order chi connectivity index (χ0) is 12.2. The molecule has 1 heterocycles. The summed E-state index contributed by atoms with van der Waals surface area (Å²) in [5.41, 5.74) is 0. The van der Waals surface area contributed by atoms with Gasteiger partial charge in [-0.1, -0.05) is 0 Å². The molecule has 0 bridgehead atoms. The van der Waals surface area contributed by atoms with Gasteiger partial charge in [-0.25, -0.2) is 0 Å². The molecule has 0 radical (unpaired) electrons. The lowest BCUT2D eigenvalue weighted by molar-refractivity contribution is -0.127. The van der Waals surface area contributed by atoms with Gasteiger partial charge in [0.2, 0.25) is 0 Å². The maximum Gasteiger partial charge on any atom is 0.357 e. The molecule has 1 aliphatic heterocycles. The summed E-state index contributed by atoms with van der Waals surface area (Å²) in [7, 11) is -3.38. The Labute approximate surface area is 95.8 Å². The number of rotatable bonds is 6. The van der Waals surface area contributed by atoms with E-state index >= 15 is 0 Å². The van der Waals surface area contributed by atoms with E-state index in [1.165, 1.54) is 0 Å². The lowest BCUT2D eigenvalue weighted by Crippen LogP contribution is -2.31. The highest BCUT2D eigenvalue weighted by molar-refractivity contribution is 7.55. The maximum absolute atomic E-state index is 12.3. The maximum atomic E-state index is 12.3. The van der Waals surface area contributed by atoms with Crippen molar-refractivity contribution in [2.24, 2.45) is 0 Å². The van der Waals surface area contributed by atoms with Crippen LogP contribution in [0.5, 0.6) is 0 Å². The molecule has 0 aliphatic carbocycles. The zero-order valence-corrected chi connectivity index (χ0v) is 10.8. The first-order chi connectivity index (χ1) is 7.59. The van der Waals surface area contributed by atoms with Gasteiger partial charge in [-0.3, -0.25) is 14.7 Å². The van der Waals surface area contributed by atoms with Crippen molar-refractivity contribution >= 4 is 13.5 Å². The van der Waals surface area contributed by atoms with Gasteiger partial charge in [-0.2, -0.15) is 0 Å². The second-order valence-corrected chi connectivity index (χ2v) is 5.45. The average Bonchev–Trinajstić information content (AvgIpc) is 2.60. The van der Waals surface area contributed by atoms with Crippen molar-refractivity contribution in [3.8, 4) is 0 Å². The zero-order valence-electron chi connectivity index (χ0n) is 9.93. The fraction of sp³-hybridized carbons (Fsp3) is 0.889. The van der Waals surface area contributed by atoms with Crippen molar-refractivity contribution in [3.63, 3.8) is 0 Å². The first kappa shape index (κ1) is 13.6. The number of nitrogens with one attached hydrogen (secondary N) is 1. The van der Waals surface area contributed by atoms with Crippen molar-refractivity contribution in [1.29, 1.82) is 0 Å². The molecular weight excluding hydrogens is 231 g/mol. The Balaban J connectivity index is 2.80. The summed E-state index contributed by atoms with van der Waals surface area (Å²) in [4.78, 5) is 13.4. The van der Waals surface area contributed by atoms with Gasteiger partial charge in [0.05, 0.1) is 19.9 Å². The third-order valence-corrected chi connectivity index (χ3v) is 4.61. The topological polar surface area (TPSA) is 67.9 Å². The number of amides is 1. The van der Waals surface area contributed by atoms with Gasteiger partial charge in [-0.15, -0.1) is 0 Å². The molecule has 16 heavy (non-hydrogen) atoms. The van der Waals surface area contributed by atoms with Crippen molar-refractivity contribution in [2.45, 2.75) is 26.6 Å². The minimum absolute atomic E-state index is 0.215. The Morgan fingerprint density at radius 1 is 1.38 bits per heavy atom. The molecule has 6 nitrogen and oxygen atoms in total. The van der Waals surface area contributed by atoms with Crippen LogP contribution in [-0.4, -0.2) is 43.0 Å². The first-order valence-electron chi connectivity index (χ1n) is 5.50. The van der Waals surface area contributed by atoms with Gasteiger partial charge in [0, 0.05) is 6.54 Å². The standard InChI is InChI=1S/C9H19N2O4P/c1-4-11-7-10-8(9(11)12)16(13,14-5-2)15-6-3/h8,10H,4-7H2,1-3H3. The van der Waals surface area contributed by atoms with Crippen LogP contribution in [0.15, 0.2) is 0 Å². The fourth-order valence-corrected chi connectivity index (χ4v) is 3.43. The highest BCUT2D eigenvalue weighted by Crippen LogP contribution is 2.53. The predicted octanol–water partition coefficient (Wildman–Crippen LogP) is 0.988. The van der Waals surface area contributed by atoms with E-state index in [4.69, 9.17) is 9.05 Å². The van der Waals surface area contributed by atoms with Crippen LogP contribution in [0.25, 0.3) is 0 Å². The summed E-state index contributed by atoms with van der Waals surface area (Å²) < 4.78 is 22.6. The Bertz CT molecular complexity index is 287. The minimum Gasteiger partial charge on any atom is -0.328 e. The second kappa shape index (κ2) is 5.77. The summed E-state index contributed by atoms with van der Waals surface area (Å²) in [6.07, 6.45) is 0. The first-order valence-corrected chi connectivity index (χ1v) is 7.11. The highest BCUT2D eigenvalue weighted by atomic mass is 31.2. The monoisotopic (exact) mass is 250 g/mol. The van der Waals surface area contributed by atoms with Crippen LogP contribution < -0.4 is 5.32 Å². The smallest absolute Gasteiger partial charge is 0.328 e. The van der Waals surface area contributed by atoms with E-state index in [-0.39, 0.29) is 19.1 Å². The number of hydrogen-bond acceptors (Lipinski definition) is 5. The summed E-state index contributed by atoms with van der Waals surface area (Å²) in [5, 5.41) is 2.88. The number of hydrogen-bond donors (Lipinski definition) is 1. The number of nitrogens with zero attached hydrogens (tertiary/aromatic N) is 1. The molecule has 1 rings (SSSR count). The molecule has 1 unspecified atom stereocenters. The molecule has 94 valence electrons. The average molecular weight is 250 g/mol. The molecule has 1 saturated heterocycles. The van der Waals surface area contributed by atoms with E-state index < -0.39 is 13.4 Å². The third-order valence-electron chi connectivity index (χ3n) is 2.34. The van der Waals surface area contributed by atoms with E-state index in [1.807, 2.05) is 6.92 Å². The van der Waals surface area contributed by atoms with E-state index in [1.54, 1.807) is 18.7 Å². The molecule has 1 N–H and O–H groups in total. The van der Waals surface area contributed by atoms with Crippen LogP contribution in [0, 0.1) is 0 Å². The molecule has 0 aromatic carbocycles. The van der Waals surface area contributed by atoms with Gasteiger partial charge in [0.15, 0.2) is 5.78 Å². The van der Waals surface area contributed by atoms with Gasteiger partial charge in [0.25, 0.3) is 5.91 Å². The van der Waals surface area contributed by atoms with E-state index in [2.05, 4.69) is 5.32 Å². The van der Waals surface area contributed by atoms with Crippen LogP contribution in [0.1, 0.15) is 20.8 Å². The molecule has 1 amide bonds. The van der Waals surface area contributed by atoms with Crippen molar-refractivity contribution in [3.05, 3.63) is 0 Å². The Hall–Kier alpha value is -0.420. The number of carbonyl (C=O) groups excluding carboxylic acids is 1. The third kappa shape index (κ3) is 2.63. The van der Waals surface area contributed by atoms with Gasteiger partial charge >= 0.3 is 7.60 Å². The molecule has 0 saturated carbocycles. The molecule has 1 aliphatic rings. The van der Waals surface area contributed by atoms with Crippen molar-refractivity contribution in [1.82, 2.24) is 10.2 Å². The van der Waals surface area contributed by atoms with Crippen LogP contribution >= 0.6 is 7.60 Å². The highest BCUT2D eigenvalue weighted by Gasteiger charge is 2.46. The largest absolute Gasteiger partial charge is 0.357 e. The van der Waals surface area contributed by atoms with Crippen LogP contribution in [-0.2, 0) is 18.4 Å². The van der Waals surface area contributed by atoms with E-state index in [0.717, 1.165) is 0 Å². The van der Waals surface area contributed by atoms with Crippen molar-refractivity contribution < 1.29 is 18.4 Å². The van der Waals surface area contributed by atoms with Crippen LogP contribution in [0.3, 0.4) is 0 Å². The van der Waals surface area contributed by atoms with Crippen LogP contribution in [0.4, 0.5) is 0 Å². The molecule has 0 aromatic heterocycles. The van der Waals surface area contributed by atoms with Gasteiger partial charge < -0.3 is 13.9 Å². The summed E-state index contributed by atoms with van der Waals surface area (Å²) in [5.74, 6) is -1.07. The fourth-order valence-electron chi connectivity index (χ4n) is 1.60. The minimum atomic E-state index is -3.38. The Kier molecular flexibility index (Phi) is 4.92. The lowest BCUT2D eigenvalue weighted by atomic mass is 10.5. The number of likely N-dealkylation sites (N-methyl/N-ethyl adjacent to an activating group) is 1. The van der Waals surface area contributed by atoms with Gasteiger partial charge in [0.1, 0.15) is 0 Å². The summed E-state index contributed by atoms with van der Waals surface area (Å²) in [6.45, 7) is 6.81. The van der Waals surface area contributed by atoms with E-state index in [9.17, 15) is 9.36 Å². The Morgan fingerprint density at radius 3 is 2.31 bits per heavy atom. The molecular formula is C9H19N2O4P. The quantitative estimate of drug-likeness (QED) is 0.712. The number of carbonyl (C=O) groups is 1. The normalized spacial score (nSPS) is 21.8. The molecule has 0 aromatic rings. The van der Waals surface area contributed by atoms with Gasteiger partial charge in [-0.05, 0) is 20.8 Å².